The SMILES string of the molecule is C/C=C/C#CC#C/C=C/[C@H](O)[C@@H](O)CC. The van der Waals surface area contributed by atoms with Gasteiger partial charge in [-0.05, 0) is 43.4 Å². The predicted molar refractivity (Wildman–Crippen MR) is 61.8 cm³/mol. The van der Waals surface area contributed by atoms with Crippen LogP contribution in [-0.2, 0) is 0 Å². The average molecular weight is 204 g/mol. The highest BCUT2D eigenvalue weighted by Crippen LogP contribution is 1.98. The van der Waals surface area contributed by atoms with Crippen molar-refractivity contribution in [2.45, 2.75) is 32.5 Å². The first-order valence-electron chi connectivity index (χ1n) is 4.87. The maximum Gasteiger partial charge on any atom is 0.0988 e. The Morgan fingerprint density at radius 2 is 1.73 bits per heavy atom. The lowest BCUT2D eigenvalue weighted by atomic mass is 10.1. The summed E-state index contributed by atoms with van der Waals surface area (Å²) in [5.41, 5.74) is 0. The summed E-state index contributed by atoms with van der Waals surface area (Å²) < 4.78 is 0. The van der Waals surface area contributed by atoms with Crippen molar-refractivity contribution < 1.29 is 10.2 Å². The molecule has 0 amide bonds. The van der Waals surface area contributed by atoms with E-state index in [1.165, 1.54) is 12.2 Å². The molecule has 0 aliphatic rings. The molecule has 0 radical (unpaired) electrons. The molecule has 0 spiro atoms. The second kappa shape index (κ2) is 9.09. The minimum Gasteiger partial charge on any atom is -0.390 e. The molecule has 0 fully saturated rings. The highest BCUT2D eigenvalue weighted by molar-refractivity contribution is 5.34. The Morgan fingerprint density at radius 3 is 2.27 bits per heavy atom. The maximum atomic E-state index is 9.31. The summed E-state index contributed by atoms with van der Waals surface area (Å²) in [5, 5.41) is 18.5. The van der Waals surface area contributed by atoms with Gasteiger partial charge in [0.15, 0.2) is 0 Å². The van der Waals surface area contributed by atoms with E-state index in [9.17, 15) is 10.2 Å². The fourth-order valence-corrected chi connectivity index (χ4v) is 0.755. The summed E-state index contributed by atoms with van der Waals surface area (Å²) in [4.78, 5) is 0. The molecular weight excluding hydrogens is 188 g/mol. The molecule has 0 saturated carbocycles. The number of hydrogen-bond acceptors (Lipinski definition) is 2. The van der Waals surface area contributed by atoms with Crippen LogP contribution in [0.4, 0.5) is 0 Å². The van der Waals surface area contributed by atoms with E-state index in [4.69, 9.17) is 0 Å². The first-order chi connectivity index (χ1) is 7.22. The lowest BCUT2D eigenvalue weighted by Crippen LogP contribution is -2.22. The molecule has 2 heteroatoms. The molecule has 80 valence electrons. The Labute approximate surface area is 91.3 Å². The highest BCUT2D eigenvalue weighted by atomic mass is 16.3. The van der Waals surface area contributed by atoms with E-state index in [2.05, 4.69) is 23.7 Å². The monoisotopic (exact) mass is 204 g/mol. The molecule has 0 aliphatic heterocycles. The van der Waals surface area contributed by atoms with Gasteiger partial charge in [0, 0.05) is 0 Å². The zero-order valence-corrected chi connectivity index (χ0v) is 9.07. The third-order valence-corrected chi connectivity index (χ3v) is 1.65. The van der Waals surface area contributed by atoms with E-state index in [-0.39, 0.29) is 0 Å². The number of allylic oxidation sites excluding steroid dienone is 3. The van der Waals surface area contributed by atoms with Crippen LogP contribution in [0.3, 0.4) is 0 Å². The van der Waals surface area contributed by atoms with Gasteiger partial charge in [-0.2, -0.15) is 0 Å². The summed E-state index contributed by atoms with van der Waals surface area (Å²) in [6.45, 7) is 3.68. The third kappa shape index (κ3) is 7.58. The van der Waals surface area contributed by atoms with Gasteiger partial charge in [-0.25, -0.2) is 0 Å². The fraction of sp³-hybridized carbons (Fsp3) is 0.385. The number of aliphatic hydroxyl groups is 2. The Kier molecular flexibility index (Phi) is 8.19. The Morgan fingerprint density at radius 1 is 1.13 bits per heavy atom. The van der Waals surface area contributed by atoms with Crippen LogP contribution in [0, 0.1) is 23.7 Å². The number of rotatable bonds is 3. The van der Waals surface area contributed by atoms with E-state index in [1.807, 2.05) is 13.0 Å². The molecule has 0 heterocycles. The molecule has 0 aliphatic carbocycles. The molecule has 0 aromatic rings. The van der Waals surface area contributed by atoms with Crippen LogP contribution < -0.4 is 0 Å². The highest BCUT2D eigenvalue weighted by Gasteiger charge is 2.08. The molecule has 2 nitrogen and oxygen atoms in total. The van der Waals surface area contributed by atoms with Crippen molar-refractivity contribution in [1.82, 2.24) is 0 Å². The van der Waals surface area contributed by atoms with Gasteiger partial charge in [0.25, 0.3) is 0 Å². The lowest BCUT2D eigenvalue weighted by Gasteiger charge is -2.10. The summed E-state index contributed by atoms with van der Waals surface area (Å²) in [6.07, 6.45) is 5.41. The van der Waals surface area contributed by atoms with Gasteiger partial charge >= 0.3 is 0 Å². The molecule has 15 heavy (non-hydrogen) atoms. The summed E-state index contributed by atoms with van der Waals surface area (Å²) in [5.74, 6) is 10.6. The van der Waals surface area contributed by atoms with Crippen molar-refractivity contribution in [3.8, 4) is 23.7 Å². The minimum absolute atomic E-state index is 0.514. The molecule has 0 saturated heterocycles. The van der Waals surface area contributed by atoms with Crippen molar-refractivity contribution in [3.05, 3.63) is 24.3 Å². The zero-order chi connectivity index (χ0) is 11.5. The van der Waals surface area contributed by atoms with Crippen LogP contribution in [0.5, 0.6) is 0 Å². The van der Waals surface area contributed by atoms with E-state index in [0.717, 1.165) is 0 Å². The van der Waals surface area contributed by atoms with Crippen molar-refractivity contribution in [2.75, 3.05) is 0 Å². The van der Waals surface area contributed by atoms with Gasteiger partial charge < -0.3 is 10.2 Å². The van der Waals surface area contributed by atoms with Gasteiger partial charge in [0.2, 0.25) is 0 Å². The normalized spacial score (nSPS) is 14.1. The molecule has 0 aromatic heterocycles. The second-order valence-corrected chi connectivity index (χ2v) is 2.86. The smallest absolute Gasteiger partial charge is 0.0988 e. The Bertz CT molecular complexity index is 331. The van der Waals surface area contributed by atoms with Crippen molar-refractivity contribution in [1.29, 1.82) is 0 Å². The van der Waals surface area contributed by atoms with E-state index in [1.54, 1.807) is 13.0 Å². The minimum atomic E-state index is -0.854. The van der Waals surface area contributed by atoms with Gasteiger partial charge in [-0.1, -0.05) is 24.8 Å². The van der Waals surface area contributed by atoms with Crippen LogP contribution in [0.25, 0.3) is 0 Å². The standard InChI is InChI=1S/C13H16O2/c1-3-5-6-7-8-9-10-11-13(15)12(14)4-2/h3,5,10-15H,4H2,1-2H3/b5-3+,11-10+/t12-,13-/m0/s1. The second-order valence-electron chi connectivity index (χ2n) is 2.86. The van der Waals surface area contributed by atoms with E-state index < -0.39 is 12.2 Å². The van der Waals surface area contributed by atoms with Crippen molar-refractivity contribution >= 4 is 0 Å². The molecular formula is C13H16O2. The molecule has 2 atom stereocenters. The average Bonchev–Trinajstić information content (AvgIpc) is 2.26. The predicted octanol–water partition coefficient (Wildman–Crippen LogP) is 1.26. The van der Waals surface area contributed by atoms with Gasteiger partial charge in [-0.15, -0.1) is 0 Å². The summed E-state index contributed by atoms with van der Waals surface area (Å²) in [7, 11) is 0. The largest absolute Gasteiger partial charge is 0.390 e. The third-order valence-electron chi connectivity index (χ3n) is 1.65. The van der Waals surface area contributed by atoms with Crippen LogP contribution >= 0.6 is 0 Å². The van der Waals surface area contributed by atoms with Crippen LogP contribution in [0.2, 0.25) is 0 Å². The first kappa shape index (κ1) is 13.5. The van der Waals surface area contributed by atoms with Crippen molar-refractivity contribution in [3.63, 3.8) is 0 Å². The summed E-state index contributed by atoms with van der Waals surface area (Å²) >= 11 is 0. The fourth-order valence-electron chi connectivity index (χ4n) is 0.755. The van der Waals surface area contributed by atoms with E-state index in [0.29, 0.717) is 6.42 Å². The lowest BCUT2D eigenvalue weighted by molar-refractivity contribution is 0.0466. The van der Waals surface area contributed by atoms with Crippen LogP contribution in [-0.4, -0.2) is 22.4 Å². The van der Waals surface area contributed by atoms with Gasteiger partial charge in [0.05, 0.1) is 12.2 Å². The van der Waals surface area contributed by atoms with Crippen LogP contribution in [0.15, 0.2) is 24.3 Å². The molecule has 2 N–H and O–H groups in total. The summed E-state index contributed by atoms with van der Waals surface area (Å²) in [6, 6.07) is 0. The topological polar surface area (TPSA) is 40.5 Å². The Balaban J connectivity index is 4.05. The molecule has 0 unspecified atom stereocenters. The van der Waals surface area contributed by atoms with Crippen LogP contribution in [0.1, 0.15) is 20.3 Å². The number of hydrogen-bond donors (Lipinski definition) is 2. The van der Waals surface area contributed by atoms with Gasteiger partial charge in [0.1, 0.15) is 0 Å². The van der Waals surface area contributed by atoms with E-state index >= 15 is 0 Å². The first-order valence-corrected chi connectivity index (χ1v) is 4.87. The Hall–Kier alpha value is -1.48. The van der Waals surface area contributed by atoms with Gasteiger partial charge in [-0.3, -0.25) is 0 Å². The zero-order valence-electron chi connectivity index (χ0n) is 9.07. The molecule has 0 rings (SSSR count). The maximum absolute atomic E-state index is 9.31. The quantitative estimate of drug-likeness (QED) is 0.679. The number of aliphatic hydroxyl groups excluding tert-OH is 2. The molecule has 0 bridgehead atoms. The molecule has 0 aromatic carbocycles. The van der Waals surface area contributed by atoms with Crippen molar-refractivity contribution in [2.24, 2.45) is 0 Å².